The SMILES string of the molecule is O=C(c1ccc(F)cc1Cl)N1CCC(CCl)CC1. The summed E-state index contributed by atoms with van der Waals surface area (Å²) in [6.45, 7) is 1.37. The van der Waals surface area contributed by atoms with Crippen molar-refractivity contribution in [1.29, 1.82) is 0 Å². The molecule has 18 heavy (non-hydrogen) atoms. The van der Waals surface area contributed by atoms with E-state index in [2.05, 4.69) is 0 Å². The van der Waals surface area contributed by atoms with Gasteiger partial charge in [-0.1, -0.05) is 11.6 Å². The van der Waals surface area contributed by atoms with Gasteiger partial charge in [-0.2, -0.15) is 0 Å². The van der Waals surface area contributed by atoms with Gasteiger partial charge in [0.25, 0.3) is 5.91 Å². The Kier molecular flexibility index (Phi) is 4.46. The van der Waals surface area contributed by atoms with Crippen molar-refractivity contribution in [3.8, 4) is 0 Å². The molecular formula is C13H14Cl2FNO. The molecule has 1 aliphatic heterocycles. The molecule has 0 bridgehead atoms. The first-order valence-electron chi connectivity index (χ1n) is 5.92. The van der Waals surface area contributed by atoms with E-state index in [-0.39, 0.29) is 10.9 Å². The number of hydrogen-bond donors (Lipinski definition) is 0. The maximum Gasteiger partial charge on any atom is 0.255 e. The molecule has 0 unspecified atom stereocenters. The van der Waals surface area contributed by atoms with Gasteiger partial charge in [0.2, 0.25) is 0 Å². The first-order valence-corrected chi connectivity index (χ1v) is 6.83. The molecule has 1 aliphatic rings. The molecule has 98 valence electrons. The van der Waals surface area contributed by atoms with E-state index >= 15 is 0 Å². The van der Waals surface area contributed by atoms with Crippen LogP contribution in [0.15, 0.2) is 18.2 Å². The van der Waals surface area contributed by atoms with Crippen molar-refractivity contribution < 1.29 is 9.18 Å². The quantitative estimate of drug-likeness (QED) is 0.762. The van der Waals surface area contributed by atoms with Crippen LogP contribution in [0, 0.1) is 11.7 Å². The number of alkyl halides is 1. The van der Waals surface area contributed by atoms with Gasteiger partial charge in [-0.15, -0.1) is 11.6 Å². The van der Waals surface area contributed by atoms with E-state index in [0.717, 1.165) is 12.8 Å². The second-order valence-electron chi connectivity index (χ2n) is 4.51. The number of likely N-dealkylation sites (tertiary alicyclic amines) is 1. The summed E-state index contributed by atoms with van der Waals surface area (Å²) in [4.78, 5) is 14.0. The van der Waals surface area contributed by atoms with Crippen molar-refractivity contribution in [2.24, 2.45) is 5.92 Å². The maximum atomic E-state index is 12.9. The number of hydrogen-bond acceptors (Lipinski definition) is 1. The van der Waals surface area contributed by atoms with Crippen LogP contribution in [0.4, 0.5) is 4.39 Å². The van der Waals surface area contributed by atoms with Gasteiger partial charge in [0.05, 0.1) is 10.6 Å². The zero-order chi connectivity index (χ0) is 13.1. The monoisotopic (exact) mass is 289 g/mol. The van der Waals surface area contributed by atoms with Crippen LogP contribution in [-0.2, 0) is 0 Å². The number of halogens is 3. The Hall–Kier alpha value is -0.800. The van der Waals surface area contributed by atoms with Crippen LogP contribution in [0.3, 0.4) is 0 Å². The highest BCUT2D eigenvalue weighted by Crippen LogP contribution is 2.23. The minimum Gasteiger partial charge on any atom is -0.339 e. The first-order chi connectivity index (χ1) is 8.61. The van der Waals surface area contributed by atoms with Crippen molar-refractivity contribution in [2.45, 2.75) is 12.8 Å². The molecular weight excluding hydrogens is 276 g/mol. The molecule has 2 nitrogen and oxygen atoms in total. The van der Waals surface area contributed by atoms with Gasteiger partial charge in [-0.25, -0.2) is 4.39 Å². The average Bonchev–Trinajstić information content (AvgIpc) is 2.38. The molecule has 1 amide bonds. The molecule has 1 aromatic rings. The Morgan fingerprint density at radius 2 is 2.06 bits per heavy atom. The van der Waals surface area contributed by atoms with E-state index in [1.807, 2.05) is 0 Å². The average molecular weight is 290 g/mol. The molecule has 0 spiro atoms. The zero-order valence-corrected chi connectivity index (χ0v) is 11.3. The molecule has 0 radical (unpaired) electrons. The second-order valence-corrected chi connectivity index (χ2v) is 5.23. The predicted molar refractivity (Wildman–Crippen MR) is 70.8 cm³/mol. The fourth-order valence-corrected chi connectivity index (χ4v) is 2.68. The van der Waals surface area contributed by atoms with E-state index in [9.17, 15) is 9.18 Å². The smallest absolute Gasteiger partial charge is 0.255 e. The van der Waals surface area contributed by atoms with Crippen LogP contribution in [0.1, 0.15) is 23.2 Å². The fraction of sp³-hybridized carbons (Fsp3) is 0.462. The fourth-order valence-electron chi connectivity index (χ4n) is 2.12. The molecule has 0 aliphatic carbocycles. The minimum atomic E-state index is -0.433. The molecule has 1 aromatic carbocycles. The van der Waals surface area contributed by atoms with E-state index in [1.54, 1.807) is 4.90 Å². The lowest BCUT2D eigenvalue weighted by Gasteiger charge is -2.31. The van der Waals surface area contributed by atoms with Gasteiger partial charge < -0.3 is 4.90 Å². The summed E-state index contributed by atoms with van der Waals surface area (Å²) < 4.78 is 12.9. The van der Waals surface area contributed by atoms with Crippen molar-refractivity contribution in [3.63, 3.8) is 0 Å². The van der Waals surface area contributed by atoms with Gasteiger partial charge in [-0.05, 0) is 37.0 Å². The second kappa shape index (κ2) is 5.89. The summed E-state index contributed by atoms with van der Waals surface area (Å²) in [5.41, 5.74) is 0.363. The van der Waals surface area contributed by atoms with Gasteiger partial charge in [0, 0.05) is 19.0 Å². The predicted octanol–water partition coefficient (Wildman–Crippen LogP) is 3.57. The van der Waals surface area contributed by atoms with Gasteiger partial charge in [0.15, 0.2) is 0 Å². The molecule has 0 saturated carbocycles. The lowest BCUT2D eigenvalue weighted by molar-refractivity contribution is 0.0698. The van der Waals surface area contributed by atoms with Gasteiger partial charge in [0.1, 0.15) is 5.82 Å². The largest absolute Gasteiger partial charge is 0.339 e. The summed E-state index contributed by atoms with van der Waals surface area (Å²) >= 11 is 11.7. The molecule has 2 rings (SSSR count). The number of benzene rings is 1. The summed E-state index contributed by atoms with van der Waals surface area (Å²) in [7, 11) is 0. The molecule has 1 saturated heterocycles. The van der Waals surface area contributed by atoms with E-state index in [0.29, 0.717) is 30.5 Å². The number of amides is 1. The highest BCUT2D eigenvalue weighted by atomic mass is 35.5. The number of rotatable bonds is 2. The summed E-state index contributed by atoms with van der Waals surface area (Å²) in [6, 6.07) is 3.86. The summed E-state index contributed by atoms with van der Waals surface area (Å²) in [5.74, 6) is 0.559. The Balaban J connectivity index is 2.08. The number of carbonyl (C=O) groups excluding carboxylic acids is 1. The van der Waals surface area contributed by atoms with E-state index in [4.69, 9.17) is 23.2 Å². The van der Waals surface area contributed by atoms with Crippen molar-refractivity contribution in [3.05, 3.63) is 34.6 Å². The Labute approximate surface area is 116 Å². The molecule has 0 atom stereocenters. The molecule has 0 N–H and O–H groups in total. The number of carbonyl (C=O) groups is 1. The molecule has 1 fully saturated rings. The van der Waals surface area contributed by atoms with Crippen molar-refractivity contribution in [1.82, 2.24) is 4.90 Å². The van der Waals surface area contributed by atoms with Crippen LogP contribution in [0.25, 0.3) is 0 Å². The lowest BCUT2D eigenvalue weighted by atomic mass is 9.98. The minimum absolute atomic E-state index is 0.131. The number of piperidine rings is 1. The van der Waals surface area contributed by atoms with Crippen LogP contribution in [0.5, 0.6) is 0 Å². The lowest BCUT2D eigenvalue weighted by Crippen LogP contribution is -2.38. The molecule has 0 aromatic heterocycles. The van der Waals surface area contributed by atoms with Crippen molar-refractivity contribution >= 4 is 29.1 Å². The standard InChI is InChI=1S/C13H14Cl2FNO/c14-8-9-3-5-17(6-4-9)13(18)11-2-1-10(16)7-12(11)15/h1-2,7,9H,3-6,8H2. The zero-order valence-electron chi connectivity index (χ0n) is 9.83. The van der Waals surface area contributed by atoms with Crippen LogP contribution >= 0.6 is 23.2 Å². The normalized spacial score (nSPS) is 16.9. The van der Waals surface area contributed by atoms with Crippen LogP contribution in [0.2, 0.25) is 5.02 Å². The first kappa shape index (κ1) is 13.6. The summed E-state index contributed by atoms with van der Waals surface area (Å²) in [5, 5.41) is 0.166. The maximum absolute atomic E-state index is 12.9. The van der Waals surface area contributed by atoms with Gasteiger partial charge >= 0.3 is 0 Å². The third-order valence-corrected chi connectivity index (χ3v) is 4.03. The van der Waals surface area contributed by atoms with E-state index in [1.165, 1.54) is 18.2 Å². The van der Waals surface area contributed by atoms with Crippen molar-refractivity contribution in [2.75, 3.05) is 19.0 Å². The Morgan fingerprint density at radius 3 is 2.61 bits per heavy atom. The third-order valence-electron chi connectivity index (χ3n) is 3.28. The molecule has 5 heteroatoms. The summed E-state index contributed by atoms with van der Waals surface area (Å²) in [6.07, 6.45) is 1.82. The topological polar surface area (TPSA) is 20.3 Å². The Bertz CT molecular complexity index is 445. The van der Waals surface area contributed by atoms with Gasteiger partial charge in [-0.3, -0.25) is 4.79 Å². The highest BCUT2D eigenvalue weighted by Gasteiger charge is 2.24. The highest BCUT2D eigenvalue weighted by molar-refractivity contribution is 6.33. The molecule has 1 heterocycles. The Morgan fingerprint density at radius 1 is 1.39 bits per heavy atom. The third kappa shape index (κ3) is 2.96. The van der Waals surface area contributed by atoms with E-state index < -0.39 is 5.82 Å². The van der Waals surface area contributed by atoms with Crippen LogP contribution < -0.4 is 0 Å². The van der Waals surface area contributed by atoms with Crippen LogP contribution in [-0.4, -0.2) is 29.8 Å². The number of nitrogens with zero attached hydrogens (tertiary/aromatic N) is 1.